The van der Waals surface area contributed by atoms with E-state index in [9.17, 15) is 13.2 Å². The van der Waals surface area contributed by atoms with Crippen LogP contribution in [0.15, 0.2) is 0 Å². The van der Waals surface area contributed by atoms with Gasteiger partial charge in [0.1, 0.15) is 9.84 Å². The van der Waals surface area contributed by atoms with Gasteiger partial charge < -0.3 is 10.6 Å². The molecular formula is C9H20N2O3S. The van der Waals surface area contributed by atoms with E-state index in [1.165, 1.54) is 4.90 Å². The van der Waals surface area contributed by atoms with Gasteiger partial charge in [0.15, 0.2) is 0 Å². The molecule has 1 amide bonds. The molecule has 0 aliphatic heterocycles. The lowest BCUT2D eigenvalue weighted by Crippen LogP contribution is -2.46. The smallest absolute Gasteiger partial charge is 0.239 e. The topological polar surface area (TPSA) is 80.5 Å². The van der Waals surface area contributed by atoms with Crippen LogP contribution in [0.1, 0.15) is 13.8 Å². The Bertz CT molecular complexity index is 311. The Morgan fingerprint density at radius 1 is 1.40 bits per heavy atom. The molecule has 0 fully saturated rings. The molecule has 6 heteroatoms. The van der Waals surface area contributed by atoms with E-state index < -0.39 is 15.9 Å². The zero-order valence-electron chi connectivity index (χ0n) is 9.73. The number of rotatable bonds is 5. The number of nitrogens with two attached hydrogens (primary N) is 1. The molecule has 0 unspecified atom stereocenters. The van der Waals surface area contributed by atoms with Crippen LogP contribution < -0.4 is 5.73 Å². The number of nitrogens with zero attached hydrogens (tertiary/aromatic N) is 1. The fraction of sp³-hybridized carbons (Fsp3) is 0.889. The average molecular weight is 236 g/mol. The van der Waals surface area contributed by atoms with Crippen molar-refractivity contribution in [2.75, 3.05) is 25.6 Å². The van der Waals surface area contributed by atoms with Crippen molar-refractivity contribution in [1.82, 2.24) is 4.90 Å². The van der Waals surface area contributed by atoms with E-state index in [0.29, 0.717) is 0 Å². The summed E-state index contributed by atoms with van der Waals surface area (Å²) in [5.41, 5.74) is 5.66. The third kappa shape index (κ3) is 5.74. The van der Waals surface area contributed by atoms with Crippen molar-refractivity contribution < 1.29 is 13.2 Å². The van der Waals surface area contributed by atoms with Crippen LogP contribution in [0.25, 0.3) is 0 Å². The van der Waals surface area contributed by atoms with Gasteiger partial charge >= 0.3 is 0 Å². The number of carbonyl (C=O) groups excluding carboxylic acids is 1. The molecule has 0 spiro atoms. The Morgan fingerprint density at radius 3 is 2.20 bits per heavy atom. The Kier molecular flexibility index (Phi) is 5.23. The van der Waals surface area contributed by atoms with E-state index in [1.807, 2.05) is 13.8 Å². The normalized spacial score (nSPS) is 14.0. The number of amides is 1. The quantitative estimate of drug-likeness (QED) is 0.696. The predicted molar refractivity (Wildman–Crippen MR) is 60.2 cm³/mol. The summed E-state index contributed by atoms with van der Waals surface area (Å²) in [5.74, 6) is -0.188. The first-order valence-corrected chi connectivity index (χ1v) is 6.89. The second-order valence-corrected chi connectivity index (χ2v) is 6.42. The summed E-state index contributed by atoms with van der Waals surface area (Å²) < 4.78 is 21.8. The van der Waals surface area contributed by atoms with E-state index >= 15 is 0 Å². The van der Waals surface area contributed by atoms with Gasteiger partial charge in [0.05, 0.1) is 11.8 Å². The van der Waals surface area contributed by atoms with Crippen LogP contribution in [-0.4, -0.2) is 50.9 Å². The molecule has 0 saturated heterocycles. The van der Waals surface area contributed by atoms with Crippen LogP contribution >= 0.6 is 0 Å². The van der Waals surface area contributed by atoms with E-state index in [4.69, 9.17) is 5.73 Å². The van der Waals surface area contributed by atoms with Gasteiger partial charge in [-0.15, -0.1) is 0 Å². The summed E-state index contributed by atoms with van der Waals surface area (Å²) in [4.78, 5) is 13.0. The van der Waals surface area contributed by atoms with Gasteiger partial charge in [0, 0.05) is 19.8 Å². The highest BCUT2D eigenvalue weighted by Crippen LogP contribution is 2.02. The number of hydrogen-bond acceptors (Lipinski definition) is 4. The number of sulfone groups is 1. The van der Waals surface area contributed by atoms with Crippen molar-refractivity contribution >= 4 is 15.7 Å². The standard InChI is InChI=1S/C9H20N2O3S/c1-7(2)8(10)9(12)11(3)5-6-15(4,13)14/h7-8H,5-6,10H2,1-4H3/t8-/m1/s1. The summed E-state index contributed by atoms with van der Waals surface area (Å²) >= 11 is 0. The van der Waals surface area contributed by atoms with Gasteiger partial charge in [-0.3, -0.25) is 4.79 Å². The maximum absolute atomic E-state index is 11.6. The first-order chi connectivity index (χ1) is 6.65. The van der Waals surface area contributed by atoms with E-state index in [2.05, 4.69) is 0 Å². The predicted octanol–water partition coefficient (Wildman–Crippen LogP) is -0.527. The second-order valence-electron chi connectivity index (χ2n) is 4.16. The van der Waals surface area contributed by atoms with Crippen molar-refractivity contribution in [3.8, 4) is 0 Å². The summed E-state index contributed by atoms with van der Waals surface area (Å²) in [6, 6.07) is -0.561. The molecule has 0 aliphatic rings. The minimum atomic E-state index is -3.03. The zero-order chi connectivity index (χ0) is 12.2. The molecule has 2 N–H and O–H groups in total. The first-order valence-electron chi connectivity index (χ1n) is 4.83. The molecule has 0 aromatic rings. The summed E-state index contributed by atoms with van der Waals surface area (Å²) in [6.45, 7) is 3.90. The molecule has 5 nitrogen and oxygen atoms in total. The molecule has 15 heavy (non-hydrogen) atoms. The lowest BCUT2D eigenvalue weighted by Gasteiger charge is -2.22. The molecule has 0 aromatic heterocycles. The van der Waals surface area contributed by atoms with Gasteiger partial charge in [-0.1, -0.05) is 13.8 Å². The largest absolute Gasteiger partial charge is 0.343 e. The molecule has 1 atom stereocenters. The minimum absolute atomic E-state index is 0.0277. The maximum atomic E-state index is 11.6. The van der Waals surface area contributed by atoms with Crippen molar-refractivity contribution in [2.45, 2.75) is 19.9 Å². The fourth-order valence-corrected chi connectivity index (χ4v) is 1.56. The maximum Gasteiger partial charge on any atom is 0.239 e. The monoisotopic (exact) mass is 236 g/mol. The van der Waals surface area contributed by atoms with Crippen molar-refractivity contribution in [3.63, 3.8) is 0 Å². The fourth-order valence-electron chi connectivity index (χ4n) is 0.953. The summed E-state index contributed by atoms with van der Waals surface area (Å²) in [6.07, 6.45) is 1.15. The Morgan fingerprint density at radius 2 is 1.87 bits per heavy atom. The minimum Gasteiger partial charge on any atom is -0.343 e. The highest BCUT2D eigenvalue weighted by atomic mass is 32.2. The molecule has 90 valence electrons. The van der Waals surface area contributed by atoms with Crippen LogP contribution in [0.3, 0.4) is 0 Å². The SMILES string of the molecule is CC(C)[C@@H](N)C(=O)N(C)CCS(C)(=O)=O. The van der Waals surface area contributed by atoms with Gasteiger partial charge in [-0.05, 0) is 5.92 Å². The van der Waals surface area contributed by atoms with E-state index in [0.717, 1.165) is 6.26 Å². The van der Waals surface area contributed by atoms with Crippen molar-refractivity contribution in [1.29, 1.82) is 0 Å². The number of carbonyl (C=O) groups is 1. The average Bonchev–Trinajstić information content (AvgIpc) is 2.10. The van der Waals surface area contributed by atoms with E-state index in [-0.39, 0.29) is 24.1 Å². The number of likely N-dealkylation sites (N-methyl/N-ethyl adjacent to an activating group) is 1. The second kappa shape index (κ2) is 5.46. The Balaban J connectivity index is 4.23. The van der Waals surface area contributed by atoms with Crippen molar-refractivity contribution in [2.24, 2.45) is 11.7 Å². The van der Waals surface area contributed by atoms with Gasteiger partial charge in [0.2, 0.25) is 5.91 Å². The lowest BCUT2D eigenvalue weighted by molar-refractivity contribution is -0.131. The lowest BCUT2D eigenvalue weighted by atomic mass is 10.0. The Labute approximate surface area is 91.5 Å². The molecule has 0 aliphatic carbocycles. The van der Waals surface area contributed by atoms with Gasteiger partial charge in [-0.2, -0.15) is 0 Å². The molecular weight excluding hydrogens is 216 g/mol. The van der Waals surface area contributed by atoms with Crippen LogP contribution in [0.2, 0.25) is 0 Å². The molecule has 0 rings (SSSR count). The highest BCUT2D eigenvalue weighted by Gasteiger charge is 2.21. The van der Waals surface area contributed by atoms with Gasteiger partial charge in [-0.25, -0.2) is 8.42 Å². The summed E-state index contributed by atoms with van der Waals surface area (Å²) in [5, 5.41) is 0. The molecule has 0 radical (unpaired) electrons. The Hall–Kier alpha value is -0.620. The van der Waals surface area contributed by atoms with Crippen LogP contribution in [-0.2, 0) is 14.6 Å². The molecule has 0 aromatic carbocycles. The van der Waals surface area contributed by atoms with Gasteiger partial charge in [0.25, 0.3) is 0 Å². The third-order valence-electron chi connectivity index (χ3n) is 2.18. The van der Waals surface area contributed by atoms with Crippen LogP contribution in [0.5, 0.6) is 0 Å². The summed E-state index contributed by atoms with van der Waals surface area (Å²) in [7, 11) is -1.47. The first kappa shape index (κ1) is 14.4. The highest BCUT2D eigenvalue weighted by molar-refractivity contribution is 7.90. The van der Waals surface area contributed by atoms with Crippen molar-refractivity contribution in [3.05, 3.63) is 0 Å². The van der Waals surface area contributed by atoms with Crippen LogP contribution in [0.4, 0.5) is 0 Å². The zero-order valence-corrected chi connectivity index (χ0v) is 10.5. The van der Waals surface area contributed by atoms with Crippen LogP contribution in [0, 0.1) is 5.92 Å². The van der Waals surface area contributed by atoms with E-state index in [1.54, 1.807) is 7.05 Å². The molecule has 0 saturated carbocycles. The number of hydrogen-bond donors (Lipinski definition) is 1. The molecule has 0 heterocycles. The molecule has 0 bridgehead atoms. The third-order valence-corrected chi connectivity index (χ3v) is 3.10.